The lowest BCUT2D eigenvalue weighted by Crippen LogP contribution is -2.14. The van der Waals surface area contributed by atoms with E-state index in [1.54, 1.807) is 12.1 Å². The number of thioether (sulfide) groups is 1. The summed E-state index contributed by atoms with van der Waals surface area (Å²) >= 11 is 4.64. The van der Waals surface area contributed by atoms with E-state index in [2.05, 4.69) is 31.4 Å². The molecular weight excluding hydrogens is 467 g/mol. The van der Waals surface area contributed by atoms with Crippen LogP contribution >= 0.6 is 27.7 Å². The Kier molecular flexibility index (Phi) is 6.25. The molecule has 0 atom stereocenters. The molecule has 0 spiro atoms. The second kappa shape index (κ2) is 9.23. The average Bonchev–Trinajstić information content (AvgIpc) is 3.19. The summed E-state index contributed by atoms with van der Waals surface area (Å²) in [6.07, 6.45) is 0. The minimum Gasteiger partial charge on any atom is -0.325 e. The SMILES string of the molecule is O=C(CSc1nnc(-c2cccc(F)c2)n1-c1ccccc1)Nc1ccc(Br)cc1. The first-order valence-corrected chi connectivity index (χ1v) is 10.8. The van der Waals surface area contributed by atoms with Gasteiger partial charge in [-0.05, 0) is 48.5 Å². The molecule has 30 heavy (non-hydrogen) atoms. The van der Waals surface area contributed by atoms with Crippen molar-refractivity contribution in [3.8, 4) is 17.1 Å². The monoisotopic (exact) mass is 482 g/mol. The van der Waals surface area contributed by atoms with Crippen LogP contribution in [0.1, 0.15) is 0 Å². The Bertz CT molecular complexity index is 1170. The van der Waals surface area contributed by atoms with Crippen molar-refractivity contribution in [2.45, 2.75) is 5.16 Å². The topological polar surface area (TPSA) is 59.8 Å². The van der Waals surface area contributed by atoms with E-state index in [0.717, 1.165) is 10.2 Å². The fourth-order valence-electron chi connectivity index (χ4n) is 2.85. The van der Waals surface area contributed by atoms with Gasteiger partial charge in [-0.15, -0.1) is 10.2 Å². The summed E-state index contributed by atoms with van der Waals surface area (Å²) in [6.45, 7) is 0. The van der Waals surface area contributed by atoms with Crippen LogP contribution in [0, 0.1) is 5.82 Å². The molecule has 0 unspecified atom stereocenters. The van der Waals surface area contributed by atoms with E-state index in [1.807, 2.05) is 59.2 Å². The van der Waals surface area contributed by atoms with Gasteiger partial charge in [0.2, 0.25) is 5.91 Å². The molecule has 0 bridgehead atoms. The zero-order valence-corrected chi connectivity index (χ0v) is 18.0. The van der Waals surface area contributed by atoms with E-state index < -0.39 is 0 Å². The van der Waals surface area contributed by atoms with E-state index in [4.69, 9.17) is 0 Å². The summed E-state index contributed by atoms with van der Waals surface area (Å²) in [4.78, 5) is 12.4. The van der Waals surface area contributed by atoms with Crippen molar-refractivity contribution in [1.82, 2.24) is 14.8 Å². The molecule has 0 saturated heterocycles. The highest BCUT2D eigenvalue weighted by molar-refractivity contribution is 9.10. The Hall–Kier alpha value is -2.97. The minimum absolute atomic E-state index is 0.155. The Balaban J connectivity index is 1.58. The van der Waals surface area contributed by atoms with Crippen LogP contribution in [0.5, 0.6) is 0 Å². The van der Waals surface area contributed by atoms with Crippen LogP contribution in [-0.2, 0) is 4.79 Å². The Morgan fingerprint density at radius 1 is 1.00 bits per heavy atom. The van der Waals surface area contributed by atoms with E-state index in [0.29, 0.717) is 22.2 Å². The maximum Gasteiger partial charge on any atom is 0.234 e. The van der Waals surface area contributed by atoms with Gasteiger partial charge in [-0.3, -0.25) is 9.36 Å². The Morgan fingerprint density at radius 2 is 1.77 bits per heavy atom. The molecule has 1 amide bonds. The van der Waals surface area contributed by atoms with Crippen LogP contribution in [0.2, 0.25) is 0 Å². The standard InChI is InChI=1S/C22H16BrFN4OS/c23-16-9-11-18(12-10-16)25-20(29)14-30-22-27-26-21(15-5-4-6-17(24)13-15)28(22)19-7-2-1-3-8-19/h1-13H,14H2,(H,25,29). The van der Waals surface area contributed by atoms with Crippen molar-refractivity contribution >= 4 is 39.3 Å². The third kappa shape index (κ3) is 4.77. The molecule has 1 aromatic heterocycles. The number of carbonyl (C=O) groups excluding carboxylic acids is 1. The predicted molar refractivity (Wildman–Crippen MR) is 120 cm³/mol. The maximum absolute atomic E-state index is 13.8. The Labute approximate surface area is 185 Å². The summed E-state index contributed by atoms with van der Waals surface area (Å²) in [6, 6.07) is 23.1. The lowest BCUT2D eigenvalue weighted by Gasteiger charge is -2.10. The lowest BCUT2D eigenvalue weighted by atomic mass is 10.2. The van der Waals surface area contributed by atoms with Gasteiger partial charge >= 0.3 is 0 Å². The van der Waals surface area contributed by atoms with E-state index >= 15 is 0 Å². The van der Waals surface area contributed by atoms with Crippen LogP contribution in [-0.4, -0.2) is 26.4 Å². The van der Waals surface area contributed by atoms with Crippen molar-refractivity contribution < 1.29 is 9.18 Å². The number of carbonyl (C=O) groups is 1. The van der Waals surface area contributed by atoms with Crippen molar-refractivity contribution in [2.75, 3.05) is 11.1 Å². The first-order chi connectivity index (χ1) is 14.6. The fraction of sp³-hybridized carbons (Fsp3) is 0.0455. The summed E-state index contributed by atoms with van der Waals surface area (Å²) < 4.78 is 16.5. The molecule has 150 valence electrons. The summed E-state index contributed by atoms with van der Waals surface area (Å²) in [5, 5.41) is 11.9. The highest BCUT2D eigenvalue weighted by Crippen LogP contribution is 2.28. The van der Waals surface area contributed by atoms with Gasteiger partial charge in [0.1, 0.15) is 5.82 Å². The zero-order valence-electron chi connectivity index (χ0n) is 15.6. The first kappa shape index (κ1) is 20.3. The molecule has 3 aromatic carbocycles. The van der Waals surface area contributed by atoms with E-state index in [1.165, 1.54) is 23.9 Å². The second-order valence-corrected chi connectivity index (χ2v) is 8.19. The number of nitrogens with zero attached hydrogens (tertiary/aromatic N) is 3. The van der Waals surface area contributed by atoms with Crippen LogP contribution in [0.25, 0.3) is 17.1 Å². The number of para-hydroxylation sites is 1. The summed E-state index contributed by atoms with van der Waals surface area (Å²) in [5.74, 6) is 0.163. The number of nitrogens with one attached hydrogen (secondary N) is 1. The summed E-state index contributed by atoms with van der Waals surface area (Å²) in [7, 11) is 0. The second-order valence-electron chi connectivity index (χ2n) is 6.33. The number of aromatic nitrogens is 3. The van der Waals surface area contributed by atoms with Gasteiger partial charge in [0.15, 0.2) is 11.0 Å². The summed E-state index contributed by atoms with van der Waals surface area (Å²) in [5.41, 5.74) is 2.16. The number of hydrogen-bond donors (Lipinski definition) is 1. The number of hydrogen-bond acceptors (Lipinski definition) is 4. The fourth-order valence-corrected chi connectivity index (χ4v) is 3.86. The zero-order chi connectivity index (χ0) is 20.9. The van der Waals surface area contributed by atoms with Crippen LogP contribution < -0.4 is 5.32 Å². The highest BCUT2D eigenvalue weighted by atomic mass is 79.9. The molecule has 0 saturated carbocycles. The molecule has 0 aliphatic carbocycles. The molecule has 0 aliphatic heterocycles. The van der Waals surface area contributed by atoms with Gasteiger partial charge in [0.25, 0.3) is 0 Å². The average molecular weight is 483 g/mol. The maximum atomic E-state index is 13.8. The molecular formula is C22H16BrFN4OS. The number of halogens is 2. The van der Waals surface area contributed by atoms with Crippen molar-refractivity contribution in [3.05, 3.63) is 89.2 Å². The van der Waals surface area contributed by atoms with E-state index in [9.17, 15) is 9.18 Å². The van der Waals surface area contributed by atoms with Gasteiger partial charge in [0.05, 0.1) is 5.75 Å². The smallest absolute Gasteiger partial charge is 0.234 e. The molecule has 1 N–H and O–H groups in total. The molecule has 0 aliphatic rings. The highest BCUT2D eigenvalue weighted by Gasteiger charge is 2.17. The first-order valence-electron chi connectivity index (χ1n) is 9.05. The molecule has 1 heterocycles. The minimum atomic E-state index is -0.349. The van der Waals surface area contributed by atoms with Gasteiger partial charge in [-0.1, -0.05) is 58.0 Å². The molecule has 4 rings (SSSR count). The quantitative estimate of drug-likeness (QED) is 0.365. The van der Waals surface area contributed by atoms with Crippen LogP contribution in [0.4, 0.5) is 10.1 Å². The number of rotatable bonds is 6. The molecule has 8 heteroatoms. The van der Waals surface area contributed by atoms with Gasteiger partial charge in [0, 0.05) is 21.4 Å². The van der Waals surface area contributed by atoms with Gasteiger partial charge < -0.3 is 5.32 Å². The predicted octanol–water partition coefficient (Wildman–Crippen LogP) is 5.57. The van der Waals surface area contributed by atoms with Gasteiger partial charge in [-0.25, -0.2) is 4.39 Å². The van der Waals surface area contributed by atoms with Gasteiger partial charge in [-0.2, -0.15) is 0 Å². The van der Waals surface area contributed by atoms with Crippen molar-refractivity contribution in [3.63, 3.8) is 0 Å². The molecule has 5 nitrogen and oxygen atoms in total. The van der Waals surface area contributed by atoms with Crippen LogP contribution in [0.15, 0.2) is 88.5 Å². The van der Waals surface area contributed by atoms with Crippen molar-refractivity contribution in [2.24, 2.45) is 0 Å². The van der Waals surface area contributed by atoms with Crippen molar-refractivity contribution in [1.29, 1.82) is 0 Å². The number of amides is 1. The molecule has 0 fully saturated rings. The van der Waals surface area contributed by atoms with Crippen LogP contribution in [0.3, 0.4) is 0 Å². The third-order valence-electron chi connectivity index (χ3n) is 4.19. The largest absolute Gasteiger partial charge is 0.325 e. The Morgan fingerprint density at radius 3 is 2.50 bits per heavy atom. The normalized spacial score (nSPS) is 10.7. The number of benzene rings is 3. The third-order valence-corrected chi connectivity index (χ3v) is 5.65. The number of anilines is 1. The lowest BCUT2D eigenvalue weighted by molar-refractivity contribution is -0.113. The molecule has 4 aromatic rings. The van der Waals surface area contributed by atoms with E-state index in [-0.39, 0.29) is 17.5 Å². The molecule has 0 radical (unpaired) electrons.